The van der Waals surface area contributed by atoms with E-state index in [2.05, 4.69) is 4.90 Å². The second-order valence-electron chi connectivity index (χ2n) is 3.67. The summed E-state index contributed by atoms with van der Waals surface area (Å²) < 4.78 is 0. The van der Waals surface area contributed by atoms with Crippen LogP contribution in [0.3, 0.4) is 0 Å². The van der Waals surface area contributed by atoms with Crippen LogP contribution in [0.2, 0.25) is 5.02 Å². The van der Waals surface area contributed by atoms with Crippen molar-refractivity contribution in [2.45, 2.75) is 12.8 Å². The highest BCUT2D eigenvalue weighted by molar-refractivity contribution is 6.33. The van der Waals surface area contributed by atoms with E-state index in [4.69, 9.17) is 16.7 Å². The lowest BCUT2D eigenvalue weighted by Gasteiger charge is -2.19. The molecule has 0 aromatic heterocycles. The number of aromatic carboxylic acids is 1. The molecular formula is C11H12ClNO2. The zero-order chi connectivity index (χ0) is 10.8. The normalized spacial score (nSPS) is 15.7. The summed E-state index contributed by atoms with van der Waals surface area (Å²) >= 11 is 6.05. The van der Waals surface area contributed by atoms with Gasteiger partial charge in [0.1, 0.15) is 0 Å². The summed E-state index contributed by atoms with van der Waals surface area (Å²) in [5.74, 6) is -0.910. The number of nitrogens with zero attached hydrogens (tertiary/aromatic N) is 1. The number of halogens is 1. The van der Waals surface area contributed by atoms with Gasteiger partial charge in [-0.3, -0.25) is 0 Å². The maximum absolute atomic E-state index is 10.8. The Kier molecular flexibility index (Phi) is 2.82. The highest BCUT2D eigenvalue weighted by Gasteiger charge is 2.16. The van der Waals surface area contributed by atoms with Crippen LogP contribution in [0.4, 0.5) is 5.69 Å². The predicted octanol–water partition coefficient (Wildman–Crippen LogP) is 2.64. The Bertz CT molecular complexity index is 386. The van der Waals surface area contributed by atoms with Crippen LogP contribution in [0, 0.1) is 0 Å². The van der Waals surface area contributed by atoms with Gasteiger partial charge in [0.05, 0.1) is 16.3 Å². The van der Waals surface area contributed by atoms with Gasteiger partial charge in [-0.25, -0.2) is 4.79 Å². The molecule has 0 aliphatic carbocycles. The van der Waals surface area contributed by atoms with Crippen molar-refractivity contribution in [1.82, 2.24) is 0 Å². The summed E-state index contributed by atoms with van der Waals surface area (Å²) in [7, 11) is 0. The van der Waals surface area contributed by atoms with Crippen LogP contribution in [-0.2, 0) is 0 Å². The second-order valence-corrected chi connectivity index (χ2v) is 4.07. The molecule has 1 aliphatic rings. The molecule has 1 N–H and O–H groups in total. The fourth-order valence-electron chi connectivity index (χ4n) is 1.85. The second kappa shape index (κ2) is 4.11. The minimum absolute atomic E-state index is 0.293. The number of hydrogen-bond donors (Lipinski definition) is 1. The summed E-state index contributed by atoms with van der Waals surface area (Å²) in [5.41, 5.74) is 1.13. The summed E-state index contributed by atoms with van der Waals surface area (Å²) in [6.45, 7) is 1.92. The van der Waals surface area contributed by atoms with Crippen LogP contribution in [0.25, 0.3) is 0 Å². The molecule has 0 amide bonds. The van der Waals surface area contributed by atoms with E-state index in [1.54, 1.807) is 12.1 Å². The summed E-state index contributed by atoms with van der Waals surface area (Å²) in [4.78, 5) is 13.0. The summed E-state index contributed by atoms with van der Waals surface area (Å²) in [5, 5.41) is 9.51. The third-order valence-electron chi connectivity index (χ3n) is 2.64. The first-order chi connectivity index (χ1) is 7.18. The first-order valence-corrected chi connectivity index (χ1v) is 5.34. The van der Waals surface area contributed by atoms with Crippen molar-refractivity contribution >= 4 is 23.3 Å². The van der Waals surface area contributed by atoms with Gasteiger partial charge in [0.2, 0.25) is 0 Å². The Morgan fingerprint density at radius 1 is 1.33 bits per heavy atom. The van der Waals surface area contributed by atoms with E-state index in [1.165, 1.54) is 6.07 Å². The zero-order valence-electron chi connectivity index (χ0n) is 8.24. The maximum Gasteiger partial charge on any atom is 0.335 e. The fourth-order valence-corrected chi connectivity index (χ4v) is 2.08. The zero-order valence-corrected chi connectivity index (χ0v) is 9.00. The number of hydrogen-bond acceptors (Lipinski definition) is 2. The average Bonchev–Trinajstić information content (AvgIpc) is 2.71. The van der Waals surface area contributed by atoms with Gasteiger partial charge in [0.15, 0.2) is 0 Å². The number of carbonyl (C=O) groups is 1. The molecule has 0 unspecified atom stereocenters. The van der Waals surface area contributed by atoms with Crippen molar-refractivity contribution in [3.63, 3.8) is 0 Å². The van der Waals surface area contributed by atoms with E-state index in [0.29, 0.717) is 10.6 Å². The molecule has 15 heavy (non-hydrogen) atoms. The molecule has 0 spiro atoms. The average molecular weight is 226 g/mol. The van der Waals surface area contributed by atoms with Crippen LogP contribution in [-0.4, -0.2) is 24.2 Å². The largest absolute Gasteiger partial charge is 0.478 e. The molecule has 0 bridgehead atoms. The van der Waals surface area contributed by atoms with E-state index in [9.17, 15) is 4.79 Å². The molecule has 80 valence electrons. The quantitative estimate of drug-likeness (QED) is 0.841. The van der Waals surface area contributed by atoms with Crippen molar-refractivity contribution in [2.24, 2.45) is 0 Å². The van der Waals surface area contributed by atoms with Crippen molar-refractivity contribution in [1.29, 1.82) is 0 Å². The Labute approximate surface area is 93.3 Å². The number of anilines is 1. The van der Waals surface area contributed by atoms with E-state index < -0.39 is 5.97 Å². The van der Waals surface area contributed by atoms with Gasteiger partial charge in [0.25, 0.3) is 0 Å². The first kappa shape index (κ1) is 10.3. The third kappa shape index (κ3) is 2.07. The molecule has 0 radical (unpaired) electrons. The van der Waals surface area contributed by atoms with Gasteiger partial charge in [0, 0.05) is 13.1 Å². The molecule has 1 saturated heterocycles. The van der Waals surface area contributed by atoms with Crippen LogP contribution in [0.5, 0.6) is 0 Å². The monoisotopic (exact) mass is 225 g/mol. The van der Waals surface area contributed by atoms with Gasteiger partial charge in [-0.15, -0.1) is 0 Å². The van der Waals surface area contributed by atoms with Gasteiger partial charge >= 0.3 is 5.97 Å². The molecular weight excluding hydrogens is 214 g/mol. The van der Waals surface area contributed by atoms with Crippen molar-refractivity contribution in [2.75, 3.05) is 18.0 Å². The summed E-state index contributed by atoms with van der Waals surface area (Å²) in [6, 6.07) is 4.83. The molecule has 1 fully saturated rings. The number of carboxylic acids is 1. The first-order valence-electron chi connectivity index (χ1n) is 4.96. The maximum atomic E-state index is 10.8. The number of benzene rings is 1. The van der Waals surface area contributed by atoms with Gasteiger partial charge < -0.3 is 10.0 Å². The molecule has 1 aliphatic heterocycles. The van der Waals surface area contributed by atoms with Gasteiger partial charge in [-0.05, 0) is 31.0 Å². The number of carboxylic acid groups (broad SMARTS) is 1. The fraction of sp³-hybridized carbons (Fsp3) is 0.364. The molecule has 0 atom stereocenters. The highest BCUT2D eigenvalue weighted by Crippen LogP contribution is 2.29. The smallest absolute Gasteiger partial charge is 0.335 e. The van der Waals surface area contributed by atoms with Crippen LogP contribution in [0.15, 0.2) is 18.2 Å². The van der Waals surface area contributed by atoms with Gasteiger partial charge in [-0.1, -0.05) is 11.6 Å². The van der Waals surface area contributed by atoms with Crippen molar-refractivity contribution in [3.05, 3.63) is 28.8 Å². The molecule has 1 heterocycles. The lowest BCUT2D eigenvalue weighted by Crippen LogP contribution is -2.18. The van der Waals surface area contributed by atoms with Crippen LogP contribution >= 0.6 is 11.6 Å². The Balaban J connectivity index is 2.35. The molecule has 1 aromatic rings. The van der Waals surface area contributed by atoms with E-state index in [0.717, 1.165) is 31.6 Å². The SMILES string of the molecule is O=C(O)c1ccc(Cl)c(N2CCCC2)c1. The lowest BCUT2D eigenvalue weighted by molar-refractivity contribution is 0.0697. The Morgan fingerprint density at radius 3 is 2.60 bits per heavy atom. The van der Waals surface area contributed by atoms with Crippen molar-refractivity contribution in [3.8, 4) is 0 Å². The van der Waals surface area contributed by atoms with E-state index in [-0.39, 0.29) is 0 Å². The van der Waals surface area contributed by atoms with E-state index in [1.807, 2.05) is 0 Å². The van der Waals surface area contributed by atoms with Gasteiger partial charge in [-0.2, -0.15) is 0 Å². The summed E-state index contributed by atoms with van der Waals surface area (Å²) in [6.07, 6.45) is 2.29. The lowest BCUT2D eigenvalue weighted by atomic mass is 10.2. The molecule has 2 rings (SSSR count). The predicted molar refractivity (Wildman–Crippen MR) is 59.9 cm³/mol. The van der Waals surface area contributed by atoms with Crippen LogP contribution < -0.4 is 4.90 Å². The molecule has 3 nitrogen and oxygen atoms in total. The highest BCUT2D eigenvalue weighted by atomic mass is 35.5. The van der Waals surface area contributed by atoms with E-state index >= 15 is 0 Å². The standard InChI is InChI=1S/C11H12ClNO2/c12-9-4-3-8(11(14)15)7-10(9)13-5-1-2-6-13/h3-4,7H,1-2,5-6H2,(H,14,15). The minimum atomic E-state index is -0.910. The minimum Gasteiger partial charge on any atom is -0.478 e. The number of rotatable bonds is 2. The molecule has 4 heteroatoms. The Hall–Kier alpha value is -1.22. The van der Waals surface area contributed by atoms with Crippen LogP contribution in [0.1, 0.15) is 23.2 Å². The topological polar surface area (TPSA) is 40.5 Å². The Morgan fingerprint density at radius 2 is 2.00 bits per heavy atom. The molecule has 0 saturated carbocycles. The molecule has 1 aromatic carbocycles. The third-order valence-corrected chi connectivity index (χ3v) is 2.96. The van der Waals surface area contributed by atoms with Crippen molar-refractivity contribution < 1.29 is 9.90 Å².